The molecule has 1 aliphatic rings. The molecule has 0 bridgehead atoms. The van der Waals surface area contributed by atoms with E-state index in [-0.39, 0.29) is 5.75 Å². The number of nitrogens with zero attached hydrogens (tertiary/aromatic N) is 5. The van der Waals surface area contributed by atoms with Gasteiger partial charge in [-0.25, -0.2) is 0 Å². The maximum atomic E-state index is 9.87. The Morgan fingerprint density at radius 2 is 2.10 bits per heavy atom. The molecule has 0 amide bonds. The third kappa shape index (κ3) is 1.77. The van der Waals surface area contributed by atoms with Crippen molar-refractivity contribution in [3.05, 3.63) is 24.3 Å². The van der Waals surface area contributed by atoms with Crippen molar-refractivity contribution >= 4 is 16.3 Å². The SMILES string of the molecule is Oc1cnccc1-c1nn2c(C3CCCC3)nnc2s1. The fraction of sp³-hybridized carbons (Fsp3) is 0.385. The highest BCUT2D eigenvalue weighted by molar-refractivity contribution is 7.19. The summed E-state index contributed by atoms with van der Waals surface area (Å²) in [6.45, 7) is 0. The number of hydrogen-bond donors (Lipinski definition) is 1. The molecule has 0 aliphatic heterocycles. The summed E-state index contributed by atoms with van der Waals surface area (Å²) in [5, 5.41) is 23.7. The van der Waals surface area contributed by atoms with Crippen LogP contribution >= 0.6 is 11.3 Å². The van der Waals surface area contributed by atoms with Gasteiger partial charge < -0.3 is 5.11 Å². The van der Waals surface area contributed by atoms with Crippen molar-refractivity contribution in [3.8, 4) is 16.3 Å². The first-order chi connectivity index (χ1) is 9.83. The number of pyridine rings is 1. The number of rotatable bonds is 2. The first-order valence-corrected chi connectivity index (χ1v) is 7.50. The second-order valence-electron chi connectivity index (χ2n) is 5.03. The lowest BCUT2D eigenvalue weighted by Crippen LogP contribution is -2.01. The topological polar surface area (TPSA) is 76.2 Å². The quantitative estimate of drug-likeness (QED) is 0.784. The molecule has 1 aliphatic carbocycles. The van der Waals surface area contributed by atoms with E-state index in [4.69, 9.17) is 0 Å². The smallest absolute Gasteiger partial charge is 0.234 e. The summed E-state index contributed by atoms with van der Waals surface area (Å²) in [4.78, 5) is 4.66. The van der Waals surface area contributed by atoms with Crippen molar-refractivity contribution in [2.45, 2.75) is 31.6 Å². The van der Waals surface area contributed by atoms with E-state index in [0.29, 0.717) is 11.5 Å². The van der Waals surface area contributed by atoms with Crippen LogP contribution in [-0.2, 0) is 0 Å². The molecule has 3 aromatic rings. The Balaban J connectivity index is 1.81. The van der Waals surface area contributed by atoms with Gasteiger partial charge >= 0.3 is 0 Å². The molecule has 1 fully saturated rings. The van der Waals surface area contributed by atoms with Crippen molar-refractivity contribution < 1.29 is 5.11 Å². The molecule has 0 unspecified atom stereocenters. The zero-order valence-electron chi connectivity index (χ0n) is 10.7. The van der Waals surface area contributed by atoms with E-state index in [1.165, 1.54) is 30.4 Å². The maximum Gasteiger partial charge on any atom is 0.234 e. The lowest BCUT2D eigenvalue weighted by Gasteiger charge is -2.03. The first kappa shape index (κ1) is 11.8. The van der Waals surface area contributed by atoms with Gasteiger partial charge in [-0.1, -0.05) is 24.2 Å². The van der Waals surface area contributed by atoms with Gasteiger partial charge in [0.2, 0.25) is 4.96 Å². The second-order valence-corrected chi connectivity index (χ2v) is 5.99. The molecule has 7 heteroatoms. The van der Waals surface area contributed by atoms with E-state index >= 15 is 0 Å². The van der Waals surface area contributed by atoms with Gasteiger partial charge in [0.25, 0.3) is 0 Å². The monoisotopic (exact) mass is 287 g/mol. The van der Waals surface area contributed by atoms with Crippen LogP contribution in [-0.4, -0.2) is 29.9 Å². The fourth-order valence-corrected chi connectivity index (χ4v) is 3.63. The Labute approximate surface area is 119 Å². The standard InChI is InChI=1S/C13H13N5OS/c19-10-7-14-6-5-9(10)12-17-18-11(8-3-1-2-4-8)15-16-13(18)20-12/h5-8,19H,1-4H2. The predicted molar refractivity (Wildman–Crippen MR) is 74.8 cm³/mol. The Bertz CT molecular complexity index is 759. The van der Waals surface area contributed by atoms with E-state index in [9.17, 15) is 5.11 Å². The minimum atomic E-state index is 0.139. The summed E-state index contributed by atoms with van der Waals surface area (Å²) in [6, 6.07) is 1.76. The van der Waals surface area contributed by atoms with Gasteiger partial charge in [-0.15, -0.1) is 10.2 Å². The summed E-state index contributed by atoms with van der Waals surface area (Å²) in [5.74, 6) is 1.56. The molecule has 0 aromatic carbocycles. The Hall–Kier alpha value is -2.02. The Morgan fingerprint density at radius 1 is 1.25 bits per heavy atom. The van der Waals surface area contributed by atoms with Crippen LogP contribution in [0.2, 0.25) is 0 Å². The van der Waals surface area contributed by atoms with Gasteiger partial charge in [-0.05, 0) is 18.9 Å². The highest BCUT2D eigenvalue weighted by atomic mass is 32.1. The van der Waals surface area contributed by atoms with Crippen molar-refractivity contribution in [3.63, 3.8) is 0 Å². The summed E-state index contributed by atoms with van der Waals surface area (Å²) in [5.41, 5.74) is 0.688. The van der Waals surface area contributed by atoms with Crippen molar-refractivity contribution in [2.75, 3.05) is 0 Å². The normalized spacial score (nSPS) is 16.2. The summed E-state index contributed by atoms with van der Waals surface area (Å²) in [7, 11) is 0. The summed E-state index contributed by atoms with van der Waals surface area (Å²) >= 11 is 1.43. The van der Waals surface area contributed by atoms with Crippen molar-refractivity contribution in [2.24, 2.45) is 0 Å². The predicted octanol–water partition coefficient (Wildman–Crippen LogP) is 2.61. The highest BCUT2D eigenvalue weighted by Crippen LogP contribution is 2.36. The maximum absolute atomic E-state index is 9.87. The molecule has 102 valence electrons. The molecular formula is C13H13N5OS. The summed E-state index contributed by atoms with van der Waals surface area (Å²) < 4.78 is 1.83. The number of hydrogen-bond acceptors (Lipinski definition) is 6. The summed E-state index contributed by atoms with van der Waals surface area (Å²) in [6.07, 6.45) is 7.90. The van der Waals surface area contributed by atoms with Crippen LogP contribution < -0.4 is 0 Å². The van der Waals surface area contributed by atoms with E-state index in [1.54, 1.807) is 12.3 Å². The van der Waals surface area contributed by atoms with E-state index in [0.717, 1.165) is 28.6 Å². The van der Waals surface area contributed by atoms with E-state index in [2.05, 4.69) is 20.3 Å². The molecule has 6 nitrogen and oxygen atoms in total. The first-order valence-electron chi connectivity index (χ1n) is 6.68. The van der Waals surface area contributed by atoms with Crippen LogP contribution in [0.5, 0.6) is 5.75 Å². The average Bonchev–Trinajstić information content (AvgIpc) is 3.14. The van der Waals surface area contributed by atoms with Crippen LogP contribution in [0.15, 0.2) is 18.5 Å². The Kier molecular flexibility index (Phi) is 2.66. The zero-order chi connectivity index (χ0) is 13.5. The molecule has 3 heterocycles. The lowest BCUT2D eigenvalue weighted by molar-refractivity contribution is 0.474. The van der Waals surface area contributed by atoms with Crippen molar-refractivity contribution in [1.29, 1.82) is 0 Å². The average molecular weight is 287 g/mol. The number of fused-ring (bicyclic) bond motifs is 1. The number of aromatic nitrogens is 5. The van der Waals surface area contributed by atoms with Crippen LogP contribution in [0.3, 0.4) is 0 Å². The highest BCUT2D eigenvalue weighted by Gasteiger charge is 2.24. The fourth-order valence-electron chi connectivity index (χ4n) is 2.75. The molecule has 3 aromatic heterocycles. The van der Waals surface area contributed by atoms with Gasteiger partial charge in [0.15, 0.2) is 10.8 Å². The van der Waals surface area contributed by atoms with E-state index < -0.39 is 0 Å². The molecule has 0 spiro atoms. The third-order valence-electron chi connectivity index (χ3n) is 3.77. The molecule has 1 N–H and O–H groups in total. The van der Waals surface area contributed by atoms with Gasteiger partial charge in [0, 0.05) is 12.1 Å². The van der Waals surface area contributed by atoms with Crippen molar-refractivity contribution in [1.82, 2.24) is 24.8 Å². The lowest BCUT2D eigenvalue weighted by atomic mass is 10.1. The minimum Gasteiger partial charge on any atom is -0.506 e. The molecule has 0 atom stereocenters. The van der Waals surface area contributed by atoms with Gasteiger partial charge in [0.1, 0.15) is 5.75 Å². The molecule has 1 saturated carbocycles. The third-order valence-corrected chi connectivity index (χ3v) is 4.70. The van der Waals surface area contributed by atoms with Crippen LogP contribution in [0.4, 0.5) is 0 Å². The van der Waals surface area contributed by atoms with Gasteiger partial charge in [-0.2, -0.15) is 9.61 Å². The molecule has 20 heavy (non-hydrogen) atoms. The minimum absolute atomic E-state index is 0.139. The molecule has 4 rings (SSSR count). The van der Waals surface area contributed by atoms with Gasteiger partial charge in [0.05, 0.1) is 11.8 Å². The van der Waals surface area contributed by atoms with Crippen LogP contribution in [0.1, 0.15) is 37.4 Å². The van der Waals surface area contributed by atoms with Gasteiger partial charge in [-0.3, -0.25) is 4.98 Å². The van der Waals surface area contributed by atoms with Crippen LogP contribution in [0, 0.1) is 0 Å². The molecule has 0 saturated heterocycles. The van der Waals surface area contributed by atoms with Crippen LogP contribution in [0.25, 0.3) is 15.5 Å². The van der Waals surface area contributed by atoms with E-state index in [1.807, 2.05) is 4.52 Å². The molecule has 0 radical (unpaired) electrons. The Morgan fingerprint density at radius 3 is 2.90 bits per heavy atom. The number of aromatic hydroxyl groups is 1. The zero-order valence-corrected chi connectivity index (χ0v) is 11.5. The second kappa shape index (κ2) is 4.52. The largest absolute Gasteiger partial charge is 0.506 e. The molecular weight excluding hydrogens is 274 g/mol.